The lowest BCUT2D eigenvalue weighted by atomic mass is 10.2. The molecule has 0 heterocycles. The van der Waals surface area contributed by atoms with Crippen LogP contribution in [0.1, 0.15) is 0 Å². The third kappa shape index (κ3) is 41.5. The van der Waals surface area contributed by atoms with Crippen LogP contribution in [0.25, 0.3) is 0 Å². The van der Waals surface area contributed by atoms with E-state index in [2.05, 4.69) is 22.6 Å². The zero-order valence-electron chi connectivity index (χ0n) is 33.4. The highest BCUT2D eigenvalue weighted by Gasteiger charge is 2.26. The molecule has 0 aromatic carbocycles. The van der Waals surface area contributed by atoms with Crippen molar-refractivity contribution in [3.8, 4) is 0 Å². The standard InChI is InChI=1S/C26H59F2N2O27P5/c27-29-19-25(21-31)22-56-61(39,40)53-17-11-47-5-3-45-9-15-51-59(35,36)49-13-7-43-1-2-44-8-14-50-60(37,38)52-16-10-46-4-6-48-12-18-54-62(41,42)57-24-26(20-30-28)23-55-58(32,33)34/h25-26,29-31H,1-24H2,(H,35,36)(H,37,38)(H,39,40)(H,41,42)(H2,32,33,34). The Balaban J connectivity index is 3.71. The van der Waals surface area contributed by atoms with E-state index in [1.54, 1.807) is 0 Å². The van der Waals surface area contributed by atoms with E-state index in [0.29, 0.717) is 0 Å². The van der Waals surface area contributed by atoms with E-state index in [0.717, 1.165) is 0 Å². The Bertz CT molecular complexity index is 1350. The third-order valence-electron chi connectivity index (χ3n) is 6.42. The van der Waals surface area contributed by atoms with E-state index >= 15 is 0 Å². The van der Waals surface area contributed by atoms with Gasteiger partial charge in [0, 0.05) is 31.5 Å². The summed E-state index contributed by atoms with van der Waals surface area (Å²) < 4.78 is 156. The van der Waals surface area contributed by atoms with Crippen LogP contribution in [-0.2, 0) is 92.0 Å². The average molecular weight is 1020 g/mol. The van der Waals surface area contributed by atoms with Gasteiger partial charge in [-0.15, -0.1) is 8.96 Å². The van der Waals surface area contributed by atoms with Crippen LogP contribution in [0, 0.1) is 11.8 Å². The summed E-state index contributed by atoms with van der Waals surface area (Å²) in [5, 5.41) is 9.00. The molecule has 0 bridgehead atoms. The fourth-order valence-electron chi connectivity index (χ4n) is 3.55. The summed E-state index contributed by atoms with van der Waals surface area (Å²) in [6.45, 7) is -5.37. The van der Waals surface area contributed by atoms with Crippen molar-refractivity contribution in [1.29, 1.82) is 0 Å². The summed E-state index contributed by atoms with van der Waals surface area (Å²) >= 11 is 0. The molecule has 6 unspecified atom stereocenters. The highest BCUT2D eigenvalue weighted by atomic mass is 31.2. The van der Waals surface area contributed by atoms with Crippen molar-refractivity contribution in [3.05, 3.63) is 0 Å². The lowest BCUT2D eigenvalue weighted by Crippen LogP contribution is -2.25. The van der Waals surface area contributed by atoms with Crippen LogP contribution in [0.3, 0.4) is 0 Å². The Hall–Kier alpha value is 0.0500. The van der Waals surface area contributed by atoms with Gasteiger partial charge in [0.2, 0.25) is 0 Å². The Kier molecular flexibility index (Phi) is 37.1. The van der Waals surface area contributed by atoms with E-state index in [9.17, 15) is 51.4 Å². The number of aliphatic hydroxyl groups excluding tert-OH is 1. The summed E-state index contributed by atoms with van der Waals surface area (Å²) in [5.74, 6) is -1.78. The summed E-state index contributed by atoms with van der Waals surface area (Å²) in [7, 11) is -22.7. The Morgan fingerprint density at radius 1 is 0.355 bits per heavy atom. The molecule has 9 N–H and O–H groups in total. The molecule has 36 heteroatoms. The molecule has 0 aromatic rings. The minimum Gasteiger partial charge on any atom is -0.396 e. The molecule has 62 heavy (non-hydrogen) atoms. The second kappa shape index (κ2) is 37.1. The zero-order chi connectivity index (χ0) is 46.6. The molecule has 0 aromatic heterocycles. The van der Waals surface area contributed by atoms with Crippen LogP contribution in [-0.4, -0.2) is 193 Å². The molecule has 0 aliphatic heterocycles. The van der Waals surface area contributed by atoms with Crippen molar-refractivity contribution in [2.24, 2.45) is 11.8 Å². The first-order valence-electron chi connectivity index (χ1n) is 18.2. The zero-order valence-corrected chi connectivity index (χ0v) is 37.9. The van der Waals surface area contributed by atoms with Gasteiger partial charge in [-0.2, -0.15) is 11.1 Å². The average Bonchev–Trinajstić information content (AvgIpc) is 3.19. The van der Waals surface area contributed by atoms with E-state index in [1.165, 1.54) is 11.1 Å². The normalized spacial score (nSPS) is 17.2. The van der Waals surface area contributed by atoms with Gasteiger partial charge in [0.05, 0.1) is 139 Å². The highest BCUT2D eigenvalue weighted by molar-refractivity contribution is 7.48. The highest BCUT2D eigenvalue weighted by Crippen LogP contribution is 2.45. The second-order valence-electron chi connectivity index (χ2n) is 11.5. The monoisotopic (exact) mass is 1020 g/mol. The first-order valence-corrected chi connectivity index (χ1v) is 25.7. The van der Waals surface area contributed by atoms with Gasteiger partial charge in [-0.1, -0.05) is 0 Å². The fraction of sp³-hybridized carbons (Fsp3) is 1.00. The number of rotatable bonds is 47. The van der Waals surface area contributed by atoms with Crippen molar-refractivity contribution in [1.82, 2.24) is 11.1 Å². The number of hydrogen-bond donors (Lipinski definition) is 9. The van der Waals surface area contributed by atoms with E-state index in [4.69, 9.17) is 61.4 Å². The molecule has 0 radical (unpaired) electrons. The lowest BCUT2D eigenvalue weighted by Gasteiger charge is -2.18. The molecule has 0 fully saturated rings. The molecule has 0 aliphatic carbocycles. The fourth-order valence-corrected chi connectivity index (χ4v) is 6.88. The number of halogens is 2. The van der Waals surface area contributed by atoms with Crippen LogP contribution in [0.2, 0.25) is 0 Å². The maximum Gasteiger partial charge on any atom is 0.472 e. The molecule has 0 aliphatic rings. The molecule has 29 nitrogen and oxygen atoms in total. The van der Waals surface area contributed by atoms with Crippen molar-refractivity contribution in [3.63, 3.8) is 0 Å². The first-order chi connectivity index (χ1) is 29.3. The van der Waals surface area contributed by atoms with Crippen LogP contribution >= 0.6 is 39.1 Å². The van der Waals surface area contributed by atoms with Gasteiger partial charge >= 0.3 is 39.1 Å². The van der Waals surface area contributed by atoms with Gasteiger partial charge in [-0.05, 0) is 0 Å². The van der Waals surface area contributed by atoms with Gasteiger partial charge in [0.25, 0.3) is 0 Å². The topological polar surface area (TPSA) is 389 Å². The Labute approximate surface area is 355 Å². The number of phosphoric acid groups is 5. The van der Waals surface area contributed by atoms with Gasteiger partial charge < -0.3 is 62.9 Å². The molecule has 0 rings (SSSR count). The summed E-state index contributed by atoms with van der Waals surface area (Å²) in [5.41, 5.74) is 2.55. The Morgan fingerprint density at radius 3 is 0.839 bits per heavy atom. The van der Waals surface area contributed by atoms with E-state index < -0.39 is 90.5 Å². The molecule has 0 amide bonds. The van der Waals surface area contributed by atoms with Crippen molar-refractivity contribution >= 4 is 39.1 Å². The van der Waals surface area contributed by atoms with Crippen molar-refractivity contribution in [2.75, 3.05) is 158 Å². The minimum absolute atomic E-state index is 0.00261. The largest absolute Gasteiger partial charge is 0.472 e. The molecule has 6 atom stereocenters. The van der Waals surface area contributed by atoms with Crippen LogP contribution in [0.5, 0.6) is 0 Å². The number of ether oxygens (including phenoxy) is 6. The predicted octanol–water partition coefficient (Wildman–Crippen LogP) is -0.0974. The summed E-state index contributed by atoms with van der Waals surface area (Å²) in [4.78, 5) is 56.0. The molecule has 374 valence electrons. The van der Waals surface area contributed by atoms with E-state index in [1.807, 2.05) is 0 Å². The Morgan fingerprint density at radius 2 is 0.581 bits per heavy atom. The maximum atomic E-state index is 12.4. The lowest BCUT2D eigenvalue weighted by molar-refractivity contribution is 0.00781. The summed E-state index contributed by atoms with van der Waals surface area (Å²) in [6.07, 6.45) is 0. The van der Waals surface area contributed by atoms with Gasteiger partial charge in [0.1, 0.15) is 0 Å². The second-order valence-corrected chi connectivity index (χ2v) is 18.6. The van der Waals surface area contributed by atoms with Crippen LogP contribution < -0.4 is 11.1 Å². The molecular formula is C26H59F2N2O27P5. The van der Waals surface area contributed by atoms with Crippen molar-refractivity contribution in [2.45, 2.75) is 0 Å². The third-order valence-corrected chi connectivity index (χ3v) is 10.9. The first kappa shape index (κ1) is 62.1. The molecule has 0 saturated carbocycles. The smallest absolute Gasteiger partial charge is 0.396 e. The SMILES string of the molecule is O=P(O)(O)OCC(CNF)COP(=O)(O)OCCOCCOCCOP(=O)(O)OCCOCCOCCOP(=O)(O)OCCOCCOCCOP(=O)(O)OCC(CO)CNF. The molecular weight excluding hydrogens is 965 g/mol. The maximum absolute atomic E-state index is 12.4. The number of hydrogen-bond acceptors (Lipinski definition) is 23. The van der Waals surface area contributed by atoms with Gasteiger partial charge in [-0.3, -0.25) is 40.7 Å². The molecule has 0 spiro atoms. The predicted molar refractivity (Wildman–Crippen MR) is 202 cm³/mol. The minimum atomic E-state index is -4.85. The number of nitrogens with one attached hydrogen (secondary N) is 2. The van der Waals surface area contributed by atoms with Gasteiger partial charge in [0.15, 0.2) is 0 Å². The quantitative estimate of drug-likeness (QED) is 0.0218. The van der Waals surface area contributed by atoms with Gasteiger partial charge in [-0.25, -0.2) is 22.8 Å². The van der Waals surface area contributed by atoms with Crippen LogP contribution in [0.15, 0.2) is 0 Å². The van der Waals surface area contributed by atoms with E-state index in [-0.39, 0.29) is 119 Å². The van der Waals surface area contributed by atoms with Crippen molar-refractivity contribution < 1.29 is 135 Å². The van der Waals surface area contributed by atoms with Crippen LogP contribution in [0.4, 0.5) is 8.96 Å². The summed E-state index contributed by atoms with van der Waals surface area (Å²) in [6, 6.07) is 0. The number of phosphoric ester groups is 5. The molecule has 0 saturated heterocycles. The number of aliphatic hydroxyl groups is 1.